The van der Waals surface area contributed by atoms with Crippen LogP contribution in [0.15, 0.2) is 40.9 Å². The monoisotopic (exact) mass is 357 g/mol. The van der Waals surface area contributed by atoms with E-state index in [0.29, 0.717) is 10.8 Å². The Bertz CT molecular complexity index is 621. The van der Waals surface area contributed by atoms with Gasteiger partial charge in [-0.2, -0.15) is 0 Å². The molecule has 2 aromatic carbocycles. The molecular weight excluding hydrogens is 345 g/mol. The molecule has 0 radical (unpaired) electrons. The molecule has 0 aromatic heterocycles. The average molecular weight is 359 g/mol. The van der Waals surface area contributed by atoms with Gasteiger partial charge in [0.2, 0.25) is 0 Å². The van der Waals surface area contributed by atoms with E-state index in [1.54, 1.807) is 19.2 Å². The predicted octanol–water partition coefficient (Wildman–Crippen LogP) is 4.56. The molecule has 0 saturated carbocycles. The predicted molar refractivity (Wildman–Crippen MR) is 83.0 cm³/mol. The first-order valence-corrected chi connectivity index (χ1v) is 7.19. The number of rotatable bonds is 4. The van der Waals surface area contributed by atoms with E-state index in [-0.39, 0.29) is 11.9 Å². The van der Waals surface area contributed by atoms with Crippen LogP contribution in [0.1, 0.15) is 17.2 Å². The summed E-state index contributed by atoms with van der Waals surface area (Å²) in [5.74, 6) is 0.317. The van der Waals surface area contributed by atoms with Gasteiger partial charge < -0.3 is 10.1 Å². The Hall–Kier alpha value is -1.10. The summed E-state index contributed by atoms with van der Waals surface area (Å²) in [6, 6.07) is 9.74. The van der Waals surface area contributed by atoms with Crippen molar-refractivity contribution >= 4 is 27.5 Å². The molecule has 1 unspecified atom stereocenters. The Labute approximate surface area is 131 Å². The fourth-order valence-corrected chi connectivity index (χ4v) is 2.80. The van der Waals surface area contributed by atoms with Crippen LogP contribution in [0.5, 0.6) is 5.75 Å². The quantitative estimate of drug-likeness (QED) is 0.865. The smallest absolute Gasteiger partial charge is 0.124 e. The van der Waals surface area contributed by atoms with E-state index in [9.17, 15) is 4.39 Å². The number of halogens is 3. The summed E-state index contributed by atoms with van der Waals surface area (Å²) in [6.07, 6.45) is 0. The molecule has 2 aromatic rings. The highest BCUT2D eigenvalue weighted by molar-refractivity contribution is 9.10. The fraction of sp³-hybridized carbons (Fsp3) is 0.200. The Kier molecular flexibility index (Phi) is 5.02. The van der Waals surface area contributed by atoms with E-state index < -0.39 is 0 Å². The van der Waals surface area contributed by atoms with Crippen molar-refractivity contribution in [1.29, 1.82) is 0 Å². The van der Waals surface area contributed by atoms with E-state index in [4.69, 9.17) is 16.3 Å². The van der Waals surface area contributed by atoms with Crippen LogP contribution in [0.25, 0.3) is 0 Å². The molecule has 2 rings (SSSR count). The average Bonchev–Trinajstić information content (AvgIpc) is 2.44. The van der Waals surface area contributed by atoms with Crippen molar-refractivity contribution in [2.75, 3.05) is 14.2 Å². The Morgan fingerprint density at radius 1 is 1.20 bits per heavy atom. The van der Waals surface area contributed by atoms with Crippen LogP contribution in [0, 0.1) is 5.82 Å². The third kappa shape index (κ3) is 3.14. The molecule has 0 aliphatic rings. The molecule has 0 aliphatic carbocycles. The van der Waals surface area contributed by atoms with Crippen LogP contribution in [0.3, 0.4) is 0 Å². The number of hydrogen-bond acceptors (Lipinski definition) is 2. The first-order chi connectivity index (χ1) is 9.56. The normalized spacial score (nSPS) is 12.2. The summed E-state index contributed by atoms with van der Waals surface area (Å²) in [5.41, 5.74) is 1.64. The zero-order valence-electron chi connectivity index (χ0n) is 11.1. The molecule has 0 saturated heterocycles. The number of nitrogens with one attached hydrogen (secondary N) is 1. The zero-order valence-corrected chi connectivity index (χ0v) is 13.4. The van der Waals surface area contributed by atoms with Crippen molar-refractivity contribution in [3.63, 3.8) is 0 Å². The van der Waals surface area contributed by atoms with Gasteiger partial charge in [-0.25, -0.2) is 4.39 Å². The van der Waals surface area contributed by atoms with Crippen molar-refractivity contribution in [2.24, 2.45) is 0 Å². The lowest BCUT2D eigenvalue weighted by Gasteiger charge is -2.21. The van der Waals surface area contributed by atoms with Gasteiger partial charge in [-0.05, 0) is 49.0 Å². The van der Waals surface area contributed by atoms with Crippen LogP contribution in [0.2, 0.25) is 5.02 Å². The molecule has 0 aliphatic heterocycles. The van der Waals surface area contributed by atoms with E-state index in [2.05, 4.69) is 21.2 Å². The van der Waals surface area contributed by atoms with Gasteiger partial charge in [0.15, 0.2) is 0 Å². The summed E-state index contributed by atoms with van der Waals surface area (Å²) in [7, 11) is 3.37. The van der Waals surface area contributed by atoms with Gasteiger partial charge in [0.1, 0.15) is 11.6 Å². The maximum atomic E-state index is 13.6. The van der Waals surface area contributed by atoms with Crippen LogP contribution in [-0.2, 0) is 0 Å². The molecule has 1 atom stereocenters. The SMILES string of the molecule is CNC(c1cc(Cl)ccc1Br)c1cc(F)ccc1OC. The number of ether oxygens (including phenoxy) is 1. The minimum absolute atomic E-state index is 0.228. The third-order valence-electron chi connectivity index (χ3n) is 3.06. The van der Waals surface area contributed by atoms with Gasteiger partial charge in [0.25, 0.3) is 0 Å². The summed E-state index contributed by atoms with van der Waals surface area (Å²) < 4.78 is 19.8. The fourth-order valence-electron chi connectivity index (χ4n) is 2.15. The second-order valence-electron chi connectivity index (χ2n) is 4.27. The topological polar surface area (TPSA) is 21.3 Å². The molecule has 2 nitrogen and oxygen atoms in total. The lowest BCUT2D eigenvalue weighted by atomic mass is 9.98. The van der Waals surface area contributed by atoms with Gasteiger partial charge in [0, 0.05) is 15.1 Å². The Balaban J connectivity index is 2.57. The molecule has 1 N–H and O–H groups in total. The maximum Gasteiger partial charge on any atom is 0.124 e. The van der Waals surface area contributed by atoms with Crippen molar-refractivity contribution in [1.82, 2.24) is 5.32 Å². The van der Waals surface area contributed by atoms with Gasteiger partial charge in [-0.1, -0.05) is 27.5 Å². The van der Waals surface area contributed by atoms with E-state index in [1.807, 2.05) is 19.2 Å². The molecule has 0 fully saturated rings. The van der Waals surface area contributed by atoms with Crippen LogP contribution < -0.4 is 10.1 Å². The molecule has 0 bridgehead atoms. The Morgan fingerprint density at radius 2 is 1.95 bits per heavy atom. The second kappa shape index (κ2) is 6.57. The van der Waals surface area contributed by atoms with Crippen molar-refractivity contribution in [2.45, 2.75) is 6.04 Å². The highest BCUT2D eigenvalue weighted by Crippen LogP contribution is 2.35. The molecule has 106 valence electrons. The van der Waals surface area contributed by atoms with Gasteiger partial charge in [0.05, 0.1) is 13.2 Å². The standard InChI is InChI=1S/C15H14BrClFNO/c1-19-15(11-7-9(17)3-5-13(11)16)12-8-10(18)4-6-14(12)20-2/h3-8,15,19H,1-2H3. The summed E-state index contributed by atoms with van der Waals surface area (Å²) in [5, 5.41) is 3.79. The largest absolute Gasteiger partial charge is 0.496 e. The highest BCUT2D eigenvalue weighted by Gasteiger charge is 2.20. The van der Waals surface area contributed by atoms with E-state index in [1.165, 1.54) is 12.1 Å². The maximum absolute atomic E-state index is 13.6. The van der Waals surface area contributed by atoms with Crippen LogP contribution in [-0.4, -0.2) is 14.2 Å². The van der Waals surface area contributed by atoms with Gasteiger partial charge >= 0.3 is 0 Å². The molecule has 5 heteroatoms. The van der Waals surface area contributed by atoms with Gasteiger partial charge in [-0.15, -0.1) is 0 Å². The van der Waals surface area contributed by atoms with Crippen molar-refractivity contribution < 1.29 is 9.13 Å². The summed E-state index contributed by atoms with van der Waals surface area (Å²) in [4.78, 5) is 0. The van der Waals surface area contributed by atoms with E-state index in [0.717, 1.165) is 15.6 Å². The number of benzene rings is 2. The lowest BCUT2D eigenvalue weighted by molar-refractivity contribution is 0.404. The zero-order chi connectivity index (χ0) is 14.7. The lowest BCUT2D eigenvalue weighted by Crippen LogP contribution is -2.19. The minimum Gasteiger partial charge on any atom is -0.496 e. The Morgan fingerprint density at radius 3 is 2.60 bits per heavy atom. The first kappa shape index (κ1) is 15.3. The van der Waals surface area contributed by atoms with E-state index >= 15 is 0 Å². The number of methoxy groups -OCH3 is 1. The molecular formula is C15H14BrClFNO. The highest BCUT2D eigenvalue weighted by atomic mass is 79.9. The molecule has 20 heavy (non-hydrogen) atoms. The minimum atomic E-state index is -0.306. The van der Waals surface area contributed by atoms with Crippen LogP contribution >= 0.6 is 27.5 Å². The third-order valence-corrected chi connectivity index (χ3v) is 4.02. The molecule has 0 heterocycles. The van der Waals surface area contributed by atoms with Crippen LogP contribution in [0.4, 0.5) is 4.39 Å². The second-order valence-corrected chi connectivity index (χ2v) is 5.56. The van der Waals surface area contributed by atoms with Gasteiger partial charge in [-0.3, -0.25) is 0 Å². The molecule has 0 spiro atoms. The summed E-state index contributed by atoms with van der Waals surface area (Å²) >= 11 is 9.56. The van der Waals surface area contributed by atoms with Crippen molar-refractivity contribution in [3.8, 4) is 5.75 Å². The number of hydrogen-bond donors (Lipinski definition) is 1. The first-order valence-electron chi connectivity index (χ1n) is 6.02. The molecule has 0 amide bonds. The summed E-state index contributed by atoms with van der Waals surface area (Å²) in [6.45, 7) is 0. The van der Waals surface area contributed by atoms with Crippen molar-refractivity contribution in [3.05, 3.63) is 62.8 Å².